The normalized spacial score (nSPS) is 11.9. The number of hydrogen-bond donors (Lipinski definition) is 0. The van der Waals surface area contributed by atoms with Crippen LogP contribution in [-0.4, -0.2) is 26.7 Å². The maximum Gasteiger partial charge on any atom is 0.348 e. The molecule has 0 aliphatic heterocycles. The number of esters is 1. The van der Waals surface area contributed by atoms with Gasteiger partial charge in [-0.25, -0.2) is 4.79 Å². The van der Waals surface area contributed by atoms with Crippen molar-refractivity contribution in [2.45, 2.75) is 6.92 Å². The van der Waals surface area contributed by atoms with Gasteiger partial charge in [0.1, 0.15) is 11.6 Å². The van der Waals surface area contributed by atoms with E-state index in [1.165, 1.54) is 16.2 Å². The van der Waals surface area contributed by atoms with Crippen LogP contribution in [0.2, 0.25) is 0 Å². The molecule has 28 heavy (non-hydrogen) atoms. The minimum absolute atomic E-state index is 0.00543. The maximum atomic E-state index is 12.0. The van der Waals surface area contributed by atoms with Gasteiger partial charge in [0.2, 0.25) is 0 Å². The van der Waals surface area contributed by atoms with Gasteiger partial charge in [-0.05, 0) is 51.6 Å². The van der Waals surface area contributed by atoms with Crippen LogP contribution in [0.25, 0.3) is 38.4 Å². The largest absolute Gasteiger partial charge is 0.462 e. The lowest BCUT2D eigenvalue weighted by molar-refractivity contribution is -0.137. The summed E-state index contributed by atoms with van der Waals surface area (Å²) in [5.74, 6) is -0.592. The lowest BCUT2D eigenvalue weighted by atomic mass is 9.90. The van der Waals surface area contributed by atoms with Crippen molar-refractivity contribution < 1.29 is 9.53 Å². The summed E-state index contributed by atoms with van der Waals surface area (Å²) in [4.78, 5) is 14.2. The van der Waals surface area contributed by atoms with Gasteiger partial charge in [0.05, 0.1) is 6.61 Å². The second-order valence-electron chi connectivity index (χ2n) is 6.95. The smallest absolute Gasteiger partial charge is 0.348 e. The zero-order valence-electron chi connectivity index (χ0n) is 16.1. The van der Waals surface area contributed by atoms with E-state index in [-0.39, 0.29) is 12.2 Å². The number of anilines is 1. The Balaban J connectivity index is 2.05. The molecule has 0 fully saturated rings. The predicted molar refractivity (Wildman–Crippen MR) is 115 cm³/mol. The Morgan fingerprint density at radius 1 is 1.00 bits per heavy atom. The lowest BCUT2D eigenvalue weighted by Crippen LogP contribution is -2.09. The van der Waals surface area contributed by atoms with Gasteiger partial charge in [0.25, 0.3) is 0 Å². The van der Waals surface area contributed by atoms with E-state index < -0.39 is 5.97 Å². The van der Waals surface area contributed by atoms with E-state index in [2.05, 4.69) is 41.3 Å². The average molecular weight is 368 g/mol. The van der Waals surface area contributed by atoms with Crippen molar-refractivity contribution in [3.8, 4) is 6.07 Å². The predicted octanol–water partition coefficient (Wildman–Crippen LogP) is 5.12. The number of carbonyl (C=O) groups excluding carboxylic acids is 1. The van der Waals surface area contributed by atoms with Gasteiger partial charge in [0, 0.05) is 25.2 Å². The Morgan fingerprint density at radius 2 is 1.61 bits per heavy atom. The van der Waals surface area contributed by atoms with E-state index in [0.717, 1.165) is 27.4 Å². The number of nitrogens with zero attached hydrogens (tertiary/aromatic N) is 2. The van der Waals surface area contributed by atoms with Gasteiger partial charge in [-0.3, -0.25) is 0 Å². The van der Waals surface area contributed by atoms with Crippen molar-refractivity contribution in [1.82, 2.24) is 0 Å². The molecule has 4 aromatic carbocycles. The van der Waals surface area contributed by atoms with Crippen LogP contribution in [0.15, 0.2) is 54.1 Å². The summed E-state index contributed by atoms with van der Waals surface area (Å²) in [6.07, 6.45) is 1.62. The highest BCUT2D eigenvalue weighted by Crippen LogP contribution is 2.39. The highest BCUT2D eigenvalue weighted by Gasteiger charge is 2.15. The Bertz CT molecular complexity index is 1280. The van der Waals surface area contributed by atoms with Crippen molar-refractivity contribution in [1.29, 1.82) is 5.26 Å². The average Bonchev–Trinajstić information content (AvgIpc) is 2.70. The summed E-state index contributed by atoms with van der Waals surface area (Å²) in [5, 5.41) is 16.3. The first-order chi connectivity index (χ1) is 13.5. The highest BCUT2D eigenvalue weighted by molar-refractivity contribution is 6.26. The third-order valence-electron chi connectivity index (χ3n) is 5.07. The van der Waals surface area contributed by atoms with Crippen LogP contribution >= 0.6 is 0 Å². The van der Waals surface area contributed by atoms with Gasteiger partial charge in [-0.2, -0.15) is 5.26 Å². The molecule has 0 unspecified atom stereocenters. The fourth-order valence-electron chi connectivity index (χ4n) is 3.83. The van der Waals surface area contributed by atoms with E-state index in [0.29, 0.717) is 0 Å². The summed E-state index contributed by atoms with van der Waals surface area (Å²) >= 11 is 0. The zero-order valence-corrected chi connectivity index (χ0v) is 16.1. The third kappa shape index (κ3) is 2.73. The number of carbonyl (C=O) groups is 1. The summed E-state index contributed by atoms with van der Waals surface area (Å²) in [7, 11) is 4.08. The second kappa shape index (κ2) is 6.86. The molecule has 4 aromatic rings. The number of nitriles is 1. The molecular formula is C24H20N2O2. The van der Waals surface area contributed by atoms with Crippen LogP contribution in [0.3, 0.4) is 0 Å². The number of ether oxygens (including phenoxy) is 1. The Morgan fingerprint density at radius 3 is 2.25 bits per heavy atom. The molecule has 0 heterocycles. The van der Waals surface area contributed by atoms with Crippen molar-refractivity contribution in [3.05, 3.63) is 59.7 Å². The fraction of sp³-hybridized carbons (Fsp3) is 0.167. The Labute approximate surface area is 163 Å². The molecule has 0 bridgehead atoms. The first-order valence-corrected chi connectivity index (χ1v) is 9.22. The standard InChI is InChI=1S/C24H20N2O2/c1-4-28-24(27)18(14-25)13-17-6-5-15-8-11-20-21(26(2)3)12-9-16-7-10-19(17)22(15)23(16)20/h5-13H,4H2,1-3H3/b18-13+. The van der Waals surface area contributed by atoms with E-state index in [9.17, 15) is 10.1 Å². The molecule has 0 N–H and O–H groups in total. The van der Waals surface area contributed by atoms with Crippen molar-refractivity contribution >= 4 is 50.1 Å². The van der Waals surface area contributed by atoms with E-state index in [1.54, 1.807) is 13.0 Å². The third-order valence-corrected chi connectivity index (χ3v) is 5.07. The zero-order chi connectivity index (χ0) is 19.8. The SMILES string of the molecule is CCOC(=O)/C(C#N)=C/c1ccc2ccc3c(N(C)C)ccc4ccc1c2c43. The Kier molecular flexibility index (Phi) is 4.37. The molecule has 4 nitrogen and oxygen atoms in total. The van der Waals surface area contributed by atoms with Gasteiger partial charge < -0.3 is 9.64 Å². The van der Waals surface area contributed by atoms with Crippen molar-refractivity contribution in [3.63, 3.8) is 0 Å². The lowest BCUT2D eigenvalue weighted by Gasteiger charge is -2.19. The summed E-state index contributed by atoms with van der Waals surface area (Å²) < 4.78 is 5.00. The summed E-state index contributed by atoms with van der Waals surface area (Å²) in [6, 6.07) is 18.7. The van der Waals surface area contributed by atoms with Gasteiger partial charge >= 0.3 is 5.97 Å². The molecule has 0 aliphatic rings. The first-order valence-electron chi connectivity index (χ1n) is 9.22. The topological polar surface area (TPSA) is 53.3 Å². The van der Waals surface area contributed by atoms with Crippen LogP contribution in [0.1, 0.15) is 12.5 Å². The summed E-state index contributed by atoms with van der Waals surface area (Å²) in [5.41, 5.74) is 2.00. The number of rotatable bonds is 4. The van der Waals surface area contributed by atoms with Gasteiger partial charge in [-0.1, -0.05) is 42.5 Å². The molecule has 0 spiro atoms. The fourth-order valence-corrected chi connectivity index (χ4v) is 3.83. The molecule has 0 aliphatic carbocycles. The quantitative estimate of drug-likeness (QED) is 0.217. The first kappa shape index (κ1) is 17.8. The molecule has 0 atom stereocenters. The summed E-state index contributed by atoms with van der Waals surface area (Å²) in [6.45, 7) is 1.97. The molecule has 4 rings (SSSR count). The van der Waals surface area contributed by atoms with Crippen molar-refractivity contribution in [2.24, 2.45) is 0 Å². The van der Waals surface area contributed by atoms with Crippen LogP contribution in [0, 0.1) is 11.3 Å². The molecular weight excluding hydrogens is 348 g/mol. The molecule has 0 aromatic heterocycles. The molecule has 0 saturated heterocycles. The molecule has 0 saturated carbocycles. The maximum absolute atomic E-state index is 12.0. The van der Waals surface area contributed by atoms with Crippen LogP contribution in [-0.2, 0) is 9.53 Å². The highest BCUT2D eigenvalue weighted by atomic mass is 16.5. The van der Waals surface area contributed by atoms with E-state index >= 15 is 0 Å². The van der Waals surface area contributed by atoms with Gasteiger partial charge in [-0.15, -0.1) is 0 Å². The minimum Gasteiger partial charge on any atom is -0.462 e. The van der Waals surface area contributed by atoms with Crippen LogP contribution < -0.4 is 4.90 Å². The van der Waals surface area contributed by atoms with Crippen molar-refractivity contribution in [2.75, 3.05) is 25.6 Å². The minimum atomic E-state index is -0.592. The molecule has 138 valence electrons. The molecule has 0 radical (unpaired) electrons. The molecule has 4 heteroatoms. The number of hydrogen-bond acceptors (Lipinski definition) is 4. The monoisotopic (exact) mass is 368 g/mol. The van der Waals surface area contributed by atoms with Crippen LogP contribution in [0.5, 0.6) is 0 Å². The second-order valence-corrected chi connectivity index (χ2v) is 6.95. The van der Waals surface area contributed by atoms with Crippen LogP contribution in [0.4, 0.5) is 5.69 Å². The van der Waals surface area contributed by atoms with Gasteiger partial charge in [0.15, 0.2) is 0 Å². The molecule has 0 amide bonds. The Hall–Kier alpha value is -3.58. The van der Waals surface area contributed by atoms with E-state index in [1.807, 2.05) is 32.3 Å². The number of benzene rings is 4. The van der Waals surface area contributed by atoms with E-state index in [4.69, 9.17) is 4.74 Å².